The van der Waals surface area contributed by atoms with Crippen molar-refractivity contribution >= 4 is 50.4 Å². The topological polar surface area (TPSA) is 91.0 Å². The van der Waals surface area contributed by atoms with Crippen LogP contribution in [0.5, 0.6) is 0 Å². The third-order valence-electron chi connectivity index (χ3n) is 19.3. The van der Waals surface area contributed by atoms with E-state index in [1.807, 2.05) is 30.6 Å². The van der Waals surface area contributed by atoms with E-state index in [2.05, 4.69) is 354 Å². The van der Waals surface area contributed by atoms with Crippen LogP contribution in [-0.4, -0.2) is 166 Å². The Bertz CT molecular complexity index is 3430. The predicted octanol–water partition coefficient (Wildman–Crippen LogP) is 22.2. The number of benzene rings is 10. The highest BCUT2D eigenvalue weighted by atomic mass is 32.2. The van der Waals surface area contributed by atoms with Crippen molar-refractivity contribution < 1.29 is 14.3 Å². The second kappa shape index (κ2) is 52.8. The van der Waals surface area contributed by atoms with Gasteiger partial charge in [-0.15, -0.1) is 13.1 Å². The first-order valence-electron chi connectivity index (χ1n) is 41.1. The van der Waals surface area contributed by atoms with Crippen LogP contribution in [0.15, 0.2) is 347 Å². The van der Waals surface area contributed by atoms with E-state index in [1.54, 1.807) is 6.92 Å². The lowest BCUT2D eigenvalue weighted by Gasteiger charge is -2.36. The SMILES string of the molecule is CCCCCN1CCN(C(=O)OC(C)(C)C)CC1.CC[N-]CCCCCN1CCN(C(C)=O)CC1.CC[N-]CCCCCN1CCN(c2ccccc2)CC1.c1ccc([S+](c2ccccc2)c2ccccc2)cc1.c1ccc([S+](c2ccccc2)c2ccccc2)cc1.c1ccc([S+](c2ccccc2)c2ccccc2)cc1. The number of piperazine rings is 3. The third kappa shape index (κ3) is 33.3. The van der Waals surface area contributed by atoms with E-state index in [-0.39, 0.29) is 44.7 Å². The number of ether oxygens (including phenoxy) is 1. The van der Waals surface area contributed by atoms with Gasteiger partial charge in [0.2, 0.25) is 5.91 Å². The van der Waals surface area contributed by atoms with Crippen LogP contribution in [0.2, 0.25) is 0 Å². The molecule has 594 valence electrons. The quantitative estimate of drug-likeness (QED) is 0.0356. The summed E-state index contributed by atoms with van der Waals surface area (Å²) in [6.07, 6.45) is 11.3. The van der Waals surface area contributed by atoms with Crippen molar-refractivity contribution in [2.24, 2.45) is 0 Å². The Kier molecular flexibility index (Phi) is 42.0. The Morgan fingerprint density at radius 3 is 0.795 bits per heavy atom. The molecule has 0 spiro atoms. The molecule has 3 aliphatic rings. The second-order valence-electron chi connectivity index (χ2n) is 28.9. The Labute approximate surface area is 683 Å². The first kappa shape index (κ1) is 89.1. The first-order chi connectivity index (χ1) is 54.9. The molecule has 0 saturated carbocycles. The third-order valence-corrected chi connectivity index (χ3v) is 25.9. The fourth-order valence-corrected chi connectivity index (χ4v) is 19.6. The number of carbonyl (C=O) groups excluding carboxylic acids is 2. The average molecular weight is 1560 g/mol. The number of anilines is 1. The maximum Gasteiger partial charge on any atom is 0.410 e. The van der Waals surface area contributed by atoms with Crippen molar-refractivity contribution in [2.45, 2.75) is 156 Å². The van der Waals surface area contributed by atoms with E-state index < -0.39 is 5.60 Å². The Morgan fingerprint density at radius 2 is 0.554 bits per heavy atom. The molecule has 11 nitrogen and oxygen atoms in total. The number of hydrogen-bond donors (Lipinski definition) is 0. The van der Waals surface area contributed by atoms with Crippen molar-refractivity contribution in [3.05, 3.63) is 314 Å². The van der Waals surface area contributed by atoms with Crippen LogP contribution in [0.3, 0.4) is 0 Å². The van der Waals surface area contributed by atoms with Crippen molar-refractivity contribution in [2.75, 3.05) is 129 Å². The Morgan fingerprint density at radius 1 is 0.312 bits per heavy atom. The van der Waals surface area contributed by atoms with Gasteiger partial charge in [0.1, 0.15) is 5.60 Å². The molecule has 112 heavy (non-hydrogen) atoms. The summed E-state index contributed by atoms with van der Waals surface area (Å²) in [7, 11) is -0.0439. The number of para-hydroxylation sites is 1. The van der Waals surface area contributed by atoms with E-state index in [0.717, 1.165) is 98.2 Å². The van der Waals surface area contributed by atoms with E-state index in [4.69, 9.17) is 4.74 Å². The fraction of sp³-hybridized carbons (Fsp3) is 0.367. The number of hydrogen-bond acceptors (Lipinski definition) is 7. The number of nitrogens with zero attached hydrogens (tertiary/aromatic N) is 8. The van der Waals surface area contributed by atoms with Crippen LogP contribution in [0.1, 0.15) is 106 Å². The molecule has 0 aliphatic carbocycles. The number of rotatable bonds is 28. The van der Waals surface area contributed by atoms with Crippen LogP contribution in [-0.2, 0) is 42.2 Å². The molecular formula is C98H127N8O3S3+. The molecule has 0 aromatic heterocycles. The van der Waals surface area contributed by atoms with E-state index in [9.17, 15) is 9.59 Å². The van der Waals surface area contributed by atoms with Crippen LogP contribution >= 0.6 is 0 Å². The van der Waals surface area contributed by atoms with Gasteiger partial charge in [0.05, 0.1) is 32.7 Å². The Hall–Kier alpha value is -8.41. The minimum atomic E-state index is -0.394. The highest BCUT2D eigenvalue weighted by molar-refractivity contribution is 7.97. The zero-order valence-corrected chi connectivity index (χ0v) is 70.6. The average Bonchev–Trinajstić information content (AvgIpc) is 0.758. The molecule has 3 heterocycles. The van der Waals surface area contributed by atoms with E-state index >= 15 is 0 Å². The van der Waals surface area contributed by atoms with Gasteiger partial charge < -0.3 is 30.1 Å². The molecule has 0 atom stereocenters. The second-order valence-corrected chi connectivity index (χ2v) is 35.0. The highest BCUT2D eigenvalue weighted by Crippen LogP contribution is 2.34. The minimum Gasteiger partial charge on any atom is -0.662 e. The largest absolute Gasteiger partial charge is 0.662 e. The van der Waals surface area contributed by atoms with Crippen LogP contribution < -0.4 is 4.90 Å². The molecule has 3 fully saturated rings. The maximum absolute atomic E-state index is 11.9. The van der Waals surface area contributed by atoms with Crippen molar-refractivity contribution in [3.8, 4) is 0 Å². The summed E-state index contributed by atoms with van der Waals surface area (Å²) < 4.78 is 5.38. The predicted molar refractivity (Wildman–Crippen MR) is 477 cm³/mol. The van der Waals surface area contributed by atoms with Gasteiger partial charge in [-0.3, -0.25) is 19.5 Å². The molecule has 0 radical (unpaired) electrons. The number of carbonyl (C=O) groups is 2. The van der Waals surface area contributed by atoms with Gasteiger partial charge >= 0.3 is 6.09 Å². The zero-order chi connectivity index (χ0) is 78.9. The van der Waals surface area contributed by atoms with Gasteiger partial charge in [-0.25, -0.2) is 4.79 Å². The highest BCUT2D eigenvalue weighted by Gasteiger charge is 2.31. The Balaban J connectivity index is 0.000000169. The molecule has 2 amide bonds. The lowest BCUT2D eigenvalue weighted by Crippen LogP contribution is -2.50. The number of amides is 2. The first-order valence-corrected chi connectivity index (χ1v) is 44.7. The lowest BCUT2D eigenvalue weighted by atomic mass is 10.2. The zero-order valence-electron chi connectivity index (χ0n) is 68.2. The molecular weight excluding hydrogens is 1430 g/mol. The summed E-state index contributed by atoms with van der Waals surface area (Å²) in [4.78, 5) is 49.1. The molecule has 3 saturated heterocycles. The molecule has 3 aliphatic heterocycles. The van der Waals surface area contributed by atoms with Crippen LogP contribution in [0, 0.1) is 0 Å². The molecule has 10 aromatic carbocycles. The normalized spacial score (nSPS) is 13.9. The van der Waals surface area contributed by atoms with E-state index in [0.29, 0.717) is 0 Å². The van der Waals surface area contributed by atoms with Gasteiger partial charge in [-0.05, 0) is 181 Å². The smallest absolute Gasteiger partial charge is 0.410 e. The molecule has 0 unspecified atom stereocenters. The molecule has 13 rings (SSSR count). The summed E-state index contributed by atoms with van der Waals surface area (Å²) >= 11 is 0. The van der Waals surface area contributed by atoms with Gasteiger partial charge in [-0.2, -0.15) is 13.1 Å². The van der Waals surface area contributed by atoms with Crippen LogP contribution in [0.4, 0.5) is 10.5 Å². The summed E-state index contributed by atoms with van der Waals surface area (Å²) in [5.74, 6) is 0.214. The van der Waals surface area contributed by atoms with Gasteiger partial charge in [-0.1, -0.05) is 241 Å². The standard InChI is InChI=1S/3C18H15S.C17H28N3.C14H28N2O2.C13H26N3O/c3*1-4-10-16(11-5-1)19(17-12-6-2-7-13-17)18-14-8-3-9-15-18;1-2-18-11-7-4-8-12-19-13-15-20(16-14-19)17-9-5-3-6-10-17;1-5-6-7-8-15-9-11-16(12-10-15)13(17)18-14(2,3)4;1-3-14-7-5-4-6-8-15-9-11-16(12-10-15)13(2)17/h3*1-15H;3,5-6,9-10H,2,4,7-8,11-16H2,1H3;5-12H2,1-4H3;3-12H2,1-2H3/q3*+1;-1;;-1. The monoisotopic (exact) mass is 1560 g/mol. The maximum atomic E-state index is 11.9. The lowest BCUT2D eigenvalue weighted by molar-refractivity contribution is -0.130. The van der Waals surface area contributed by atoms with E-state index in [1.165, 1.54) is 134 Å². The molecule has 10 aromatic rings. The van der Waals surface area contributed by atoms with Gasteiger partial charge in [0.25, 0.3) is 0 Å². The molecule has 0 bridgehead atoms. The van der Waals surface area contributed by atoms with Crippen molar-refractivity contribution in [1.82, 2.24) is 24.5 Å². The summed E-state index contributed by atoms with van der Waals surface area (Å²) in [5.41, 5.74) is 0.975. The molecule has 14 heteroatoms. The molecule has 0 N–H and O–H groups in total. The van der Waals surface area contributed by atoms with Gasteiger partial charge in [0, 0.05) is 91.1 Å². The fourth-order valence-electron chi connectivity index (χ4n) is 13.2. The van der Waals surface area contributed by atoms with Crippen molar-refractivity contribution in [1.29, 1.82) is 0 Å². The minimum absolute atomic E-state index is 0.0146. The summed E-state index contributed by atoms with van der Waals surface area (Å²) in [5, 5.41) is 8.71. The summed E-state index contributed by atoms with van der Waals surface area (Å²) in [6, 6.07) is 107. The summed E-state index contributed by atoms with van der Waals surface area (Å²) in [6.45, 7) is 33.6. The van der Waals surface area contributed by atoms with Crippen molar-refractivity contribution in [3.63, 3.8) is 0 Å². The number of unbranched alkanes of at least 4 members (excludes halogenated alkanes) is 6. The van der Waals surface area contributed by atoms with Crippen LogP contribution in [0.25, 0.3) is 10.6 Å². The van der Waals surface area contributed by atoms with Gasteiger partial charge in [0.15, 0.2) is 44.1 Å².